The Hall–Kier alpha value is -1.58. The first kappa shape index (κ1) is 32.4. The third kappa shape index (κ3) is 16.2. The summed E-state index contributed by atoms with van der Waals surface area (Å²) in [5.41, 5.74) is 1.52. The van der Waals surface area contributed by atoms with E-state index in [1.807, 2.05) is 0 Å². The molecule has 0 bridgehead atoms. The normalized spacial score (nSPS) is 14.5. The minimum Gasteiger partial charge on any atom is -0.466 e. The van der Waals surface area contributed by atoms with Crippen LogP contribution >= 0.6 is 0 Å². The van der Waals surface area contributed by atoms with Crippen LogP contribution in [0.3, 0.4) is 0 Å². The van der Waals surface area contributed by atoms with Crippen LogP contribution in [0.15, 0.2) is 23.8 Å². The zero-order valence-electron chi connectivity index (χ0n) is 24.0. The molecule has 0 fully saturated rings. The zero-order chi connectivity index (χ0) is 26.3. The molecule has 4 heteroatoms. The van der Waals surface area contributed by atoms with E-state index in [2.05, 4.69) is 37.4 Å². The highest BCUT2D eigenvalue weighted by Gasteiger charge is 2.27. The van der Waals surface area contributed by atoms with Crippen molar-refractivity contribution in [3.05, 3.63) is 23.8 Å². The molecule has 4 nitrogen and oxygen atoms in total. The molecule has 0 saturated heterocycles. The third-order valence-corrected chi connectivity index (χ3v) is 7.56. The summed E-state index contributed by atoms with van der Waals surface area (Å²) in [6, 6.07) is 0. The minimum atomic E-state index is -0.221. The van der Waals surface area contributed by atoms with Crippen LogP contribution in [0.2, 0.25) is 0 Å². The maximum Gasteiger partial charge on any atom is 0.305 e. The van der Waals surface area contributed by atoms with Gasteiger partial charge >= 0.3 is 5.97 Å². The second-order valence-corrected chi connectivity index (χ2v) is 10.9. The van der Waals surface area contributed by atoms with Crippen molar-refractivity contribution in [1.82, 2.24) is 5.32 Å². The lowest BCUT2D eigenvalue weighted by molar-refractivity contribution is -0.143. The quantitative estimate of drug-likeness (QED) is 0.112. The van der Waals surface area contributed by atoms with Gasteiger partial charge in [-0.3, -0.25) is 9.59 Å². The Bertz CT molecular complexity index is 619. The Morgan fingerprint density at radius 1 is 0.778 bits per heavy atom. The van der Waals surface area contributed by atoms with E-state index in [1.54, 1.807) is 6.92 Å². The molecule has 0 heterocycles. The number of amides is 1. The summed E-state index contributed by atoms with van der Waals surface area (Å²) in [6.45, 7) is 7.34. The number of ether oxygens (including phenoxy) is 1. The average Bonchev–Trinajstić information content (AvgIpc) is 2.87. The van der Waals surface area contributed by atoms with E-state index in [0.717, 1.165) is 6.42 Å². The monoisotopic (exact) mass is 503 g/mol. The molecule has 36 heavy (non-hydrogen) atoms. The van der Waals surface area contributed by atoms with Gasteiger partial charge in [0, 0.05) is 19.4 Å². The Labute approximate surface area is 223 Å². The number of unbranched alkanes of at least 4 members (excludes halogenated alkanes) is 12. The second kappa shape index (κ2) is 21.5. The second-order valence-electron chi connectivity index (χ2n) is 10.9. The summed E-state index contributed by atoms with van der Waals surface area (Å²) >= 11 is 0. The van der Waals surface area contributed by atoms with Crippen molar-refractivity contribution in [1.29, 1.82) is 0 Å². The lowest BCUT2D eigenvalue weighted by atomic mass is 9.72. The summed E-state index contributed by atoms with van der Waals surface area (Å²) < 4.78 is 4.92. The average molecular weight is 504 g/mol. The first-order valence-corrected chi connectivity index (χ1v) is 15.4. The van der Waals surface area contributed by atoms with Gasteiger partial charge in [-0.2, -0.15) is 0 Å². The molecule has 0 unspecified atom stereocenters. The van der Waals surface area contributed by atoms with Crippen molar-refractivity contribution in [2.75, 3.05) is 13.2 Å². The summed E-state index contributed by atoms with van der Waals surface area (Å²) in [6.07, 6.45) is 31.1. The van der Waals surface area contributed by atoms with Crippen molar-refractivity contribution >= 4 is 11.9 Å². The van der Waals surface area contributed by atoms with Crippen molar-refractivity contribution in [3.63, 3.8) is 0 Å². The number of allylic oxidation sites excluding steroid dienone is 2. The van der Waals surface area contributed by atoms with E-state index in [9.17, 15) is 9.59 Å². The number of nitrogens with one attached hydrogen (secondary N) is 1. The molecule has 0 aromatic heterocycles. The first-order chi connectivity index (χ1) is 17.5. The molecule has 1 aliphatic rings. The first-order valence-electron chi connectivity index (χ1n) is 15.4. The van der Waals surface area contributed by atoms with Crippen LogP contribution in [0.1, 0.15) is 149 Å². The fourth-order valence-corrected chi connectivity index (χ4v) is 5.16. The van der Waals surface area contributed by atoms with Crippen LogP contribution < -0.4 is 5.32 Å². The predicted molar refractivity (Wildman–Crippen MR) is 153 cm³/mol. The highest BCUT2D eigenvalue weighted by Crippen LogP contribution is 2.40. The number of carbonyl (C=O) groups excluding carboxylic acids is 2. The van der Waals surface area contributed by atoms with Crippen LogP contribution in [-0.4, -0.2) is 25.0 Å². The highest BCUT2D eigenvalue weighted by atomic mass is 16.5. The van der Waals surface area contributed by atoms with Gasteiger partial charge < -0.3 is 10.1 Å². The van der Waals surface area contributed by atoms with Crippen molar-refractivity contribution in [3.8, 4) is 0 Å². The van der Waals surface area contributed by atoms with Crippen LogP contribution in [-0.2, 0) is 14.3 Å². The third-order valence-electron chi connectivity index (χ3n) is 7.56. The molecule has 0 atom stereocenters. The molecule has 0 aromatic rings. The topological polar surface area (TPSA) is 55.4 Å². The highest BCUT2D eigenvalue weighted by molar-refractivity contribution is 5.77. The zero-order valence-corrected chi connectivity index (χ0v) is 24.0. The number of hydrogen-bond acceptors (Lipinski definition) is 3. The van der Waals surface area contributed by atoms with Gasteiger partial charge in [0.15, 0.2) is 0 Å². The van der Waals surface area contributed by atoms with E-state index in [4.69, 9.17) is 4.74 Å². The van der Waals surface area contributed by atoms with Crippen molar-refractivity contribution < 1.29 is 14.3 Å². The largest absolute Gasteiger partial charge is 0.466 e. The SMILES string of the molecule is CCCCCCCCCC1(CCCCCCCCC)C=CC(CNC(=O)CCCC(=O)OCC)=CC1. The molecule has 0 radical (unpaired) electrons. The Morgan fingerprint density at radius 3 is 1.83 bits per heavy atom. The molecule has 1 N–H and O–H groups in total. The van der Waals surface area contributed by atoms with E-state index in [0.29, 0.717) is 37.8 Å². The van der Waals surface area contributed by atoms with Gasteiger partial charge in [0.05, 0.1) is 6.61 Å². The van der Waals surface area contributed by atoms with E-state index in [1.165, 1.54) is 108 Å². The summed E-state index contributed by atoms with van der Waals surface area (Å²) in [7, 11) is 0. The van der Waals surface area contributed by atoms with Gasteiger partial charge in [-0.15, -0.1) is 0 Å². The Balaban J connectivity index is 2.43. The molecule has 208 valence electrons. The predicted octanol–water partition coefficient (Wildman–Crippen LogP) is 8.99. The molecule has 0 aromatic carbocycles. The molecule has 0 aliphatic heterocycles. The number of esters is 1. The van der Waals surface area contributed by atoms with Crippen LogP contribution in [0, 0.1) is 5.41 Å². The van der Waals surface area contributed by atoms with E-state index >= 15 is 0 Å². The molecule has 1 aliphatic carbocycles. The lowest BCUT2D eigenvalue weighted by Crippen LogP contribution is -2.27. The molecule has 1 amide bonds. The van der Waals surface area contributed by atoms with Crippen molar-refractivity contribution in [2.45, 2.75) is 149 Å². The maximum atomic E-state index is 12.2. The smallest absolute Gasteiger partial charge is 0.305 e. The Morgan fingerprint density at radius 2 is 1.33 bits per heavy atom. The van der Waals surface area contributed by atoms with Crippen LogP contribution in [0.5, 0.6) is 0 Å². The van der Waals surface area contributed by atoms with Gasteiger partial charge in [0.25, 0.3) is 0 Å². The molecular formula is C32H57NO3. The molecule has 0 saturated carbocycles. The molecule has 0 spiro atoms. The summed E-state index contributed by atoms with van der Waals surface area (Å²) in [4.78, 5) is 23.6. The van der Waals surface area contributed by atoms with E-state index in [-0.39, 0.29) is 11.9 Å². The Kier molecular flexibility index (Phi) is 19.4. The van der Waals surface area contributed by atoms with Gasteiger partial charge in [-0.25, -0.2) is 0 Å². The fourth-order valence-electron chi connectivity index (χ4n) is 5.16. The van der Waals surface area contributed by atoms with E-state index < -0.39 is 0 Å². The number of carbonyl (C=O) groups is 2. The van der Waals surface area contributed by atoms with Crippen molar-refractivity contribution in [2.24, 2.45) is 5.41 Å². The van der Waals surface area contributed by atoms with Crippen LogP contribution in [0.25, 0.3) is 0 Å². The summed E-state index contributed by atoms with van der Waals surface area (Å²) in [5, 5.41) is 3.03. The summed E-state index contributed by atoms with van der Waals surface area (Å²) in [5.74, 6) is -0.210. The van der Waals surface area contributed by atoms with Gasteiger partial charge in [0.1, 0.15) is 0 Å². The van der Waals surface area contributed by atoms with Gasteiger partial charge in [-0.1, -0.05) is 122 Å². The number of rotatable bonds is 23. The molecule has 1 rings (SSSR count). The maximum absolute atomic E-state index is 12.2. The van der Waals surface area contributed by atoms with Gasteiger partial charge in [0.2, 0.25) is 5.91 Å². The fraction of sp³-hybridized carbons (Fsp3) is 0.812. The van der Waals surface area contributed by atoms with Crippen LogP contribution in [0.4, 0.5) is 0 Å². The minimum absolute atomic E-state index is 0.0107. The number of hydrogen-bond donors (Lipinski definition) is 1. The van der Waals surface area contributed by atoms with Gasteiger partial charge in [-0.05, 0) is 43.6 Å². The lowest BCUT2D eigenvalue weighted by Gasteiger charge is -2.33. The standard InChI is InChI=1S/C32H57NO3/c1-4-7-9-11-13-15-17-24-32(25-18-16-14-12-10-8-5-2)26-22-29(23-27-32)28-33-30(34)20-19-21-31(35)36-6-3/h22-23,26H,4-21,24-25,27-28H2,1-3H3,(H,33,34). The molecular weight excluding hydrogens is 446 g/mol.